The third kappa shape index (κ3) is 4.68. The lowest BCUT2D eigenvalue weighted by Crippen LogP contribution is -2.53. The van der Waals surface area contributed by atoms with E-state index in [1.165, 1.54) is 17.8 Å². The summed E-state index contributed by atoms with van der Waals surface area (Å²) in [5.74, 6) is 0.238. The number of halogens is 1. The van der Waals surface area contributed by atoms with E-state index >= 15 is 0 Å². The summed E-state index contributed by atoms with van der Waals surface area (Å²) in [7, 11) is 0. The quantitative estimate of drug-likeness (QED) is 0.870. The molecule has 2 aliphatic rings. The van der Waals surface area contributed by atoms with Gasteiger partial charge in [0.25, 0.3) is 5.91 Å². The summed E-state index contributed by atoms with van der Waals surface area (Å²) >= 11 is 1.53. The Morgan fingerprint density at radius 2 is 2.00 bits per heavy atom. The fraction of sp³-hybridized carbons (Fsp3) is 0.625. The number of nitrogens with one attached hydrogen (secondary N) is 2. The fourth-order valence-electron chi connectivity index (χ4n) is 3.19. The summed E-state index contributed by atoms with van der Waals surface area (Å²) in [5, 5.41) is 10.2. The Balaban J connectivity index is 0.00000192. The molecule has 1 aromatic heterocycles. The summed E-state index contributed by atoms with van der Waals surface area (Å²) in [6, 6.07) is 2.02. The van der Waals surface area contributed by atoms with Crippen molar-refractivity contribution in [1.82, 2.24) is 15.5 Å². The molecule has 2 aliphatic heterocycles. The Morgan fingerprint density at radius 3 is 2.61 bits per heavy atom. The molecule has 7 heteroatoms. The van der Waals surface area contributed by atoms with E-state index in [1.807, 2.05) is 21.7 Å². The second kappa shape index (κ2) is 8.66. The predicted molar refractivity (Wildman–Crippen MR) is 94.3 cm³/mol. The van der Waals surface area contributed by atoms with Gasteiger partial charge >= 0.3 is 0 Å². The molecule has 0 aliphatic carbocycles. The zero-order chi connectivity index (χ0) is 15.4. The maximum absolute atomic E-state index is 12.4. The van der Waals surface area contributed by atoms with Crippen molar-refractivity contribution in [3.63, 3.8) is 0 Å². The Morgan fingerprint density at radius 1 is 1.22 bits per heavy atom. The van der Waals surface area contributed by atoms with E-state index in [9.17, 15) is 9.59 Å². The van der Waals surface area contributed by atoms with E-state index in [0.29, 0.717) is 0 Å². The van der Waals surface area contributed by atoms with Gasteiger partial charge in [0.1, 0.15) is 0 Å². The van der Waals surface area contributed by atoms with Crippen LogP contribution in [0.25, 0.3) is 0 Å². The number of amides is 2. The van der Waals surface area contributed by atoms with Crippen molar-refractivity contribution in [3.8, 4) is 0 Å². The minimum Gasteiger partial charge on any atom is -0.349 e. The number of carbonyl (C=O) groups is 2. The van der Waals surface area contributed by atoms with E-state index < -0.39 is 0 Å². The number of likely N-dealkylation sites (tertiary alicyclic amines) is 1. The van der Waals surface area contributed by atoms with Gasteiger partial charge in [0.15, 0.2) is 0 Å². The summed E-state index contributed by atoms with van der Waals surface area (Å²) in [4.78, 5) is 26.4. The molecule has 3 heterocycles. The maximum Gasteiger partial charge on any atom is 0.252 e. The highest BCUT2D eigenvalue weighted by Crippen LogP contribution is 2.16. The molecule has 0 bridgehead atoms. The maximum atomic E-state index is 12.4. The van der Waals surface area contributed by atoms with Crippen LogP contribution in [0, 0.1) is 0 Å². The zero-order valence-corrected chi connectivity index (χ0v) is 14.8. The molecule has 0 spiro atoms. The van der Waals surface area contributed by atoms with Crippen LogP contribution in [0.3, 0.4) is 0 Å². The summed E-state index contributed by atoms with van der Waals surface area (Å²) in [5.41, 5.74) is 0.731. The molecular formula is C16H24ClN3O2S. The number of hydrogen-bond donors (Lipinski definition) is 2. The van der Waals surface area contributed by atoms with E-state index in [2.05, 4.69) is 10.6 Å². The Bertz CT molecular complexity index is 509. The second-order valence-electron chi connectivity index (χ2n) is 6.09. The standard InChI is InChI=1S/C16H23N3O2S.ClH/c20-15(12-6-10-22-11-12)18-13-4-8-19(9-5-13)16(21)14-3-1-2-7-17-14;/h6,10-11,13-14,17H,1-5,7-9H2,(H,18,20);1H. The minimum atomic E-state index is -0.0000243. The molecule has 0 aromatic carbocycles. The third-order valence-corrected chi connectivity index (χ3v) is 5.22. The van der Waals surface area contributed by atoms with Gasteiger partial charge in [-0.2, -0.15) is 11.3 Å². The lowest BCUT2D eigenvalue weighted by Gasteiger charge is -2.35. The van der Waals surface area contributed by atoms with E-state index in [1.54, 1.807) is 0 Å². The Kier molecular flexibility index (Phi) is 6.87. The van der Waals surface area contributed by atoms with Gasteiger partial charge in [0, 0.05) is 30.1 Å². The highest BCUT2D eigenvalue weighted by Gasteiger charge is 2.29. The zero-order valence-electron chi connectivity index (χ0n) is 13.1. The summed E-state index contributed by atoms with van der Waals surface area (Å²) < 4.78 is 0. The number of carbonyl (C=O) groups excluding carboxylic acids is 2. The van der Waals surface area contributed by atoms with Crippen LogP contribution in [0.15, 0.2) is 16.8 Å². The van der Waals surface area contributed by atoms with Crippen molar-refractivity contribution in [1.29, 1.82) is 0 Å². The molecule has 0 saturated carbocycles. The van der Waals surface area contributed by atoms with Crippen LogP contribution in [0.4, 0.5) is 0 Å². The molecule has 3 rings (SSSR count). The fourth-order valence-corrected chi connectivity index (χ4v) is 3.83. The molecule has 2 fully saturated rings. The van der Waals surface area contributed by atoms with Crippen molar-refractivity contribution < 1.29 is 9.59 Å². The number of thiophene rings is 1. The largest absolute Gasteiger partial charge is 0.349 e. The first kappa shape index (κ1) is 18.2. The van der Waals surface area contributed by atoms with Crippen LogP contribution in [0.2, 0.25) is 0 Å². The highest BCUT2D eigenvalue weighted by molar-refractivity contribution is 7.08. The molecule has 1 unspecified atom stereocenters. The Hall–Kier alpha value is -1.11. The van der Waals surface area contributed by atoms with Crippen molar-refractivity contribution >= 4 is 35.6 Å². The van der Waals surface area contributed by atoms with Crippen LogP contribution >= 0.6 is 23.7 Å². The molecule has 0 radical (unpaired) electrons. The first-order valence-electron chi connectivity index (χ1n) is 8.09. The van der Waals surface area contributed by atoms with Gasteiger partial charge in [-0.25, -0.2) is 0 Å². The van der Waals surface area contributed by atoms with Crippen LogP contribution in [-0.2, 0) is 4.79 Å². The molecule has 1 atom stereocenters. The van der Waals surface area contributed by atoms with Crippen molar-refractivity contribution in [2.75, 3.05) is 19.6 Å². The lowest BCUT2D eigenvalue weighted by atomic mass is 10.0. The van der Waals surface area contributed by atoms with Gasteiger partial charge in [0.05, 0.1) is 6.04 Å². The normalized spacial score (nSPS) is 22.3. The average molecular weight is 358 g/mol. The topological polar surface area (TPSA) is 61.4 Å². The lowest BCUT2D eigenvalue weighted by molar-refractivity contribution is -0.135. The van der Waals surface area contributed by atoms with Crippen molar-refractivity contribution in [2.45, 2.75) is 44.2 Å². The molecular weight excluding hydrogens is 334 g/mol. The van der Waals surface area contributed by atoms with E-state index in [-0.39, 0.29) is 36.3 Å². The van der Waals surface area contributed by atoms with Gasteiger partial charge in [-0.3, -0.25) is 9.59 Å². The second-order valence-corrected chi connectivity index (χ2v) is 6.87. The van der Waals surface area contributed by atoms with Gasteiger partial charge in [-0.1, -0.05) is 6.42 Å². The first-order valence-corrected chi connectivity index (χ1v) is 9.03. The van der Waals surface area contributed by atoms with Crippen LogP contribution in [0.5, 0.6) is 0 Å². The minimum absolute atomic E-state index is 0. The van der Waals surface area contributed by atoms with Gasteiger partial charge in [0.2, 0.25) is 5.91 Å². The average Bonchev–Trinajstić information content (AvgIpc) is 3.10. The summed E-state index contributed by atoms with van der Waals surface area (Å²) in [6.07, 6.45) is 4.94. The van der Waals surface area contributed by atoms with Crippen molar-refractivity contribution in [3.05, 3.63) is 22.4 Å². The van der Waals surface area contributed by atoms with Gasteiger partial charge in [-0.05, 0) is 43.7 Å². The number of piperidine rings is 2. The molecule has 2 saturated heterocycles. The van der Waals surface area contributed by atoms with Gasteiger partial charge in [-0.15, -0.1) is 12.4 Å². The smallest absolute Gasteiger partial charge is 0.252 e. The molecule has 23 heavy (non-hydrogen) atoms. The monoisotopic (exact) mass is 357 g/mol. The Labute approximate surface area is 147 Å². The highest BCUT2D eigenvalue weighted by atomic mass is 35.5. The number of hydrogen-bond acceptors (Lipinski definition) is 4. The molecule has 2 amide bonds. The molecule has 2 N–H and O–H groups in total. The van der Waals surface area contributed by atoms with Crippen molar-refractivity contribution in [2.24, 2.45) is 0 Å². The molecule has 1 aromatic rings. The van der Waals surface area contributed by atoms with E-state index in [0.717, 1.165) is 50.9 Å². The number of rotatable bonds is 3. The third-order valence-electron chi connectivity index (χ3n) is 4.53. The van der Waals surface area contributed by atoms with Gasteiger partial charge < -0.3 is 15.5 Å². The van der Waals surface area contributed by atoms with Crippen LogP contribution in [-0.4, -0.2) is 48.4 Å². The first-order chi connectivity index (χ1) is 10.7. The van der Waals surface area contributed by atoms with E-state index in [4.69, 9.17) is 0 Å². The predicted octanol–water partition coefficient (Wildman–Crippen LogP) is 2.03. The van der Waals surface area contributed by atoms with Crippen LogP contribution < -0.4 is 10.6 Å². The molecule has 128 valence electrons. The summed E-state index contributed by atoms with van der Waals surface area (Å²) in [6.45, 7) is 2.43. The SMILES string of the molecule is Cl.O=C(NC1CCN(C(=O)C2CCCCN2)CC1)c1ccsc1. The number of nitrogens with zero attached hydrogens (tertiary/aromatic N) is 1. The van der Waals surface area contributed by atoms with Crippen LogP contribution in [0.1, 0.15) is 42.5 Å². The molecule has 5 nitrogen and oxygen atoms in total.